The van der Waals surface area contributed by atoms with Crippen LogP contribution in [0.5, 0.6) is 0 Å². The molecule has 0 aromatic rings. The average Bonchev–Trinajstić information content (AvgIpc) is 2.62. The lowest BCUT2D eigenvalue weighted by molar-refractivity contribution is -0.134. The second-order valence-corrected chi connectivity index (χ2v) is 5.05. The number of likely N-dealkylation sites (N-methyl/N-ethyl adjacent to an activating group) is 1. The molecular weight excluding hydrogens is 246 g/mol. The molecule has 6 heteroatoms. The molecule has 0 atom stereocenters. The molecule has 106 valence electrons. The highest BCUT2D eigenvalue weighted by atomic mass is 16.5. The molecule has 0 aromatic heterocycles. The maximum Gasteiger partial charge on any atom is 0.325 e. The highest BCUT2D eigenvalue weighted by Gasteiger charge is 2.51. The second-order valence-electron chi connectivity index (χ2n) is 5.05. The molecule has 0 bridgehead atoms. The lowest BCUT2D eigenvalue weighted by Crippen LogP contribution is -2.51. The van der Waals surface area contributed by atoms with E-state index in [1.54, 1.807) is 0 Å². The third kappa shape index (κ3) is 2.79. The van der Waals surface area contributed by atoms with E-state index in [4.69, 9.17) is 4.74 Å². The summed E-state index contributed by atoms with van der Waals surface area (Å²) in [7, 11) is 0. The van der Waals surface area contributed by atoms with Gasteiger partial charge in [0.05, 0.1) is 6.54 Å². The monoisotopic (exact) mass is 267 g/mol. The van der Waals surface area contributed by atoms with Crippen LogP contribution in [-0.2, 0) is 9.53 Å². The van der Waals surface area contributed by atoms with Gasteiger partial charge in [-0.25, -0.2) is 4.79 Å². The highest BCUT2D eigenvalue weighted by Crippen LogP contribution is 2.28. The standard InChI is InChI=1S/C13H21N3O3/c1-3-14-8-10(2)9-16-11(17)13(15-12(16)18)4-6-19-7-5-13/h14H,2-9H2,1H3,(H,15,18). The van der Waals surface area contributed by atoms with Crippen LogP contribution in [0.15, 0.2) is 12.2 Å². The van der Waals surface area contributed by atoms with E-state index in [1.807, 2.05) is 6.92 Å². The van der Waals surface area contributed by atoms with Crippen LogP contribution in [0.3, 0.4) is 0 Å². The highest BCUT2D eigenvalue weighted by molar-refractivity contribution is 6.07. The third-order valence-corrected chi connectivity index (χ3v) is 3.60. The summed E-state index contributed by atoms with van der Waals surface area (Å²) in [5.41, 5.74) is 0.0859. The molecule has 19 heavy (non-hydrogen) atoms. The van der Waals surface area contributed by atoms with E-state index in [1.165, 1.54) is 4.90 Å². The molecule has 2 rings (SSSR count). The molecule has 2 aliphatic heterocycles. The predicted octanol–water partition coefficient (Wildman–Crippen LogP) is 0.253. The molecule has 0 radical (unpaired) electrons. The van der Waals surface area contributed by atoms with Crippen LogP contribution in [0.4, 0.5) is 4.79 Å². The van der Waals surface area contributed by atoms with Crippen LogP contribution in [-0.4, -0.2) is 55.2 Å². The van der Waals surface area contributed by atoms with Gasteiger partial charge in [0.15, 0.2) is 0 Å². The van der Waals surface area contributed by atoms with E-state index in [2.05, 4.69) is 17.2 Å². The first-order valence-electron chi connectivity index (χ1n) is 6.68. The van der Waals surface area contributed by atoms with Gasteiger partial charge in [0.1, 0.15) is 5.54 Å². The minimum absolute atomic E-state index is 0.140. The van der Waals surface area contributed by atoms with E-state index in [9.17, 15) is 9.59 Å². The Hall–Kier alpha value is -1.40. The lowest BCUT2D eigenvalue weighted by Gasteiger charge is -2.30. The van der Waals surface area contributed by atoms with Gasteiger partial charge in [0, 0.05) is 32.6 Å². The fourth-order valence-electron chi connectivity index (χ4n) is 2.46. The zero-order valence-electron chi connectivity index (χ0n) is 11.3. The maximum atomic E-state index is 12.4. The van der Waals surface area contributed by atoms with Crippen molar-refractivity contribution < 1.29 is 14.3 Å². The molecule has 2 saturated heterocycles. The first-order chi connectivity index (χ1) is 9.09. The van der Waals surface area contributed by atoms with Gasteiger partial charge >= 0.3 is 6.03 Å². The molecule has 0 aliphatic carbocycles. The number of imide groups is 1. The Morgan fingerprint density at radius 3 is 2.79 bits per heavy atom. The van der Waals surface area contributed by atoms with Crippen LogP contribution in [0.25, 0.3) is 0 Å². The van der Waals surface area contributed by atoms with Crippen LogP contribution < -0.4 is 10.6 Å². The molecule has 0 saturated carbocycles. The van der Waals surface area contributed by atoms with Crippen LogP contribution in [0.1, 0.15) is 19.8 Å². The summed E-state index contributed by atoms with van der Waals surface area (Å²) in [5.74, 6) is -0.140. The number of urea groups is 1. The van der Waals surface area contributed by atoms with Gasteiger partial charge < -0.3 is 15.4 Å². The molecule has 2 fully saturated rings. The lowest BCUT2D eigenvalue weighted by atomic mass is 9.90. The van der Waals surface area contributed by atoms with E-state index >= 15 is 0 Å². The number of nitrogens with zero attached hydrogens (tertiary/aromatic N) is 1. The molecule has 6 nitrogen and oxygen atoms in total. The van der Waals surface area contributed by atoms with Gasteiger partial charge in [-0.15, -0.1) is 0 Å². The first kappa shape index (κ1) is 14.0. The Balaban J connectivity index is 2.00. The van der Waals surface area contributed by atoms with Gasteiger partial charge in [0.2, 0.25) is 0 Å². The number of ether oxygens (including phenoxy) is 1. The van der Waals surface area contributed by atoms with Crippen molar-refractivity contribution >= 4 is 11.9 Å². The molecule has 0 aromatic carbocycles. The minimum atomic E-state index is -0.742. The number of carbonyl (C=O) groups is 2. The van der Waals surface area contributed by atoms with Crippen molar-refractivity contribution in [3.05, 3.63) is 12.2 Å². The summed E-state index contributed by atoms with van der Waals surface area (Å²) < 4.78 is 5.26. The van der Waals surface area contributed by atoms with E-state index < -0.39 is 5.54 Å². The summed E-state index contributed by atoms with van der Waals surface area (Å²) in [6.07, 6.45) is 1.10. The van der Waals surface area contributed by atoms with Crippen molar-refractivity contribution in [1.29, 1.82) is 0 Å². The third-order valence-electron chi connectivity index (χ3n) is 3.60. The number of nitrogens with one attached hydrogen (secondary N) is 2. The molecule has 2 N–H and O–H groups in total. The van der Waals surface area contributed by atoms with Crippen LogP contribution >= 0.6 is 0 Å². The molecule has 1 spiro atoms. The van der Waals surface area contributed by atoms with Crippen molar-refractivity contribution in [3.63, 3.8) is 0 Å². The summed E-state index contributed by atoms with van der Waals surface area (Å²) >= 11 is 0. The zero-order valence-corrected chi connectivity index (χ0v) is 11.3. The molecule has 2 aliphatic rings. The van der Waals surface area contributed by atoms with Crippen molar-refractivity contribution in [1.82, 2.24) is 15.5 Å². The summed E-state index contributed by atoms with van der Waals surface area (Å²) in [4.78, 5) is 25.7. The van der Waals surface area contributed by atoms with Gasteiger partial charge in [-0.1, -0.05) is 13.5 Å². The fraction of sp³-hybridized carbons (Fsp3) is 0.692. The second kappa shape index (κ2) is 5.71. The Bertz CT molecular complexity index is 389. The smallest absolute Gasteiger partial charge is 0.325 e. The molecular formula is C13H21N3O3. The molecule has 3 amide bonds. The fourth-order valence-corrected chi connectivity index (χ4v) is 2.46. The van der Waals surface area contributed by atoms with Gasteiger partial charge in [-0.05, 0) is 12.1 Å². The van der Waals surface area contributed by atoms with Gasteiger partial charge in [0.25, 0.3) is 5.91 Å². The number of carbonyl (C=O) groups excluding carboxylic acids is 2. The Labute approximate surface area is 113 Å². The summed E-state index contributed by atoms with van der Waals surface area (Å²) in [6, 6.07) is -0.315. The average molecular weight is 267 g/mol. The maximum absolute atomic E-state index is 12.4. The van der Waals surface area contributed by atoms with E-state index in [0.717, 1.165) is 12.1 Å². The minimum Gasteiger partial charge on any atom is -0.381 e. The van der Waals surface area contributed by atoms with Crippen molar-refractivity contribution in [2.45, 2.75) is 25.3 Å². The summed E-state index contributed by atoms with van der Waals surface area (Å²) in [5, 5.41) is 5.96. The topological polar surface area (TPSA) is 70.7 Å². The SMILES string of the molecule is C=C(CNCC)CN1C(=O)NC2(CCOCC2)C1=O. The zero-order chi connectivity index (χ0) is 13.9. The predicted molar refractivity (Wildman–Crippen MR) is 70.7 cm³/mol. The van der Waals surface area contributed by atoms with Crippen molar-refractivity contribution in [2.24, 2.45) is 0 Å². The number of rotatable bonds is 5. The van der Waals surface area contributed by atoms with E-state index in [0.29, 0.717) is 32.6 Å². The largest absolute Gasteiger partial charge is 0.381 e. The first-order valence-corrected chi connectivity index (χ1v) is 6.68. The van der Waals surface area contributed by atoms with E-state index in [-0.39, 0.29) is 18.5 Å². The number of amides is 3. The van der Waals surface area contributed by atoms with Crippen LogP contribution in [0, 0.1) is 0 Å². The van der Waals surface area contributed by atoms with Crippen LogP contribution in [0.2, 0.25) is 0 Å². The molecule has 2 heterocycles. The quantitative estimate of drug-likeness (QED) is 0.553. The number of hydrogen-bond acceptors (Lipinski definition) is 4. The Kier molecular flexibility index (Phi) is 4.21. The van der Waals surface area contributed by atoms with Crippen molar-refractivity contribution in [2.75, 3.05) is 32.8 Å². The normalized spacial score (nSPS) is 21.8. The van der Waals surface area contributed by atoms with Gasteiger partial charge in [-0.3, -0.25) is 9.69 Å². The Morgan fingerprint density at radius 1 is 1.47 bits per heavy atom. The molecule has 0 unspecified atom stereocenters. The summed E-state index contributed by atoms with van der Waals surface area (Å²) in [6.45, 7) is 8.65. The Morgan fingerprint density at radius 2 is 2.16 bits per heavy atom. The van der Waals surface area contributed by atoms with Gasteiger partial charge in [-0.2, -0.15) is 0 Å². The van der Waals surface area contributed by atoms with Crippen molar-refractivity contribution in [3.8, 4) is 0 Å². The number of hydrogen-bond donors (Lipinski definition) is 2.